The van der Waals surface area contributed by atoms with Gasteiger partial charge in [-0.15, -0.1) is 11.3 Å². The molecule has 5 heteroatoms. The summed E-state index contributed by atoms with van der Waals surface area (Å²) in [6.45, 7) is 6.43. The first-order chi connectivity index (χ1) is 7.57. The minimum atomic E-state index is -0.184. The normalized spacial score (nSPS) is 11.9. The predicted octanol–water partition coefficient (Wildman–Crippen LogP) is 3.35. The molecule has 2 aromatic rings. The van der Waals surface area contributed by atoms with Gasteiger partial charge in [-0.05, 0) is 32.5 Å². The molecule has 0 saturated carbocycles. The van der Waals surface area contributed by atoms with Crippen molar-refractivity contribution in [1.29, 1.82) is 0 Å². The number of aryl methyl sites for hydroxylation is 1. The van der Waals surface area contributed by atoms with E-state index < -0.39 is 0 Å². The van der Waals surface area contributed by atoms with Gasteiger partial charge < -0.3 is 9.55 Å². The molecule has 0 bridgehead atoms. The molecule has 2 aromatic heterocycles. The van der Waals surface area contributed by atoms with Crippen LogP contribution in [0.15, 0.2) is 17.8 Å². The molecule has 0 radical (unpaired) electrons. The number of nitrogens with zero attached hydrogens (tertiary/aromatic N) is 2. The van der Waals surface area contributed by atoms with Crippen molar-refractivity contribution in [2.45, 2.75) is 32.7 Å². The van der Waals surface area contributed by atoms with Crippen LogP contribution in [0, 0.1) is 4.77 Å². The number of aromatic nitrogens is 3. The van der Waals surface area contributed by atoms with E-state index in [-0.39, 0.29) is 5.54 Å². The van der Waals surface area contributed by atoms with Crippen molar-refractivity contribution in [2.24, 2.45) is 0 Å². The Morgan fingerprint density at radius 3 is 2.88 bits per heavy atom. The van der Waals surface area contributed by atoms with E-state index in [0.717, 1.165) is 16.2 Å². The third-order valence-corrected chi connectivity index (χ3v) is 4.12. The van der Waals surface area contributed by atoms with Gasteiger partial charge in [0.25, 0.3) is 0 Å². The van der Waals surface area contributed by atoms with Crippen LogP contribution < -0.4 is 0 Å². The van der Waals surface area contributed by atoms with Crippen LogP contribution in [-0.4, -0.2) is 14.5 Å². The SMILES string of the molecule is CCc1c[nH]c(=S)n1C(C)(C)c1nccs1. The van der Waals surface area contributed by atoms with E-state index in [2.05, 4.69) is 35.3 Å². The molecule has 0 spiro atoms. The molecule has 2 heterocycles. The molecule has 0 fully saturated rings. The largest absolute Gasteiger partial charge is 0.337 e. The van der Waals surface area contributed by atoms with E-state index in [4.69, 9.17) is 12.2 Å². The molecule has 1 N–H and O–H groups in total. The second-order valence-electron chi connectivity index (χ2n) is 4.17. The minimum absolute atomic E-state index is 0.184. The Labute approximate surface area is 104 Å². The number of nitrogens with one attached hydrogen (secondary N) is 1. The van der Waals surface area contributed by atoms with E-state index in [1.807, 2.05) is 17.8 Å². The zero-order valence-corrected chi connectivity index (χ0v) is 11.3. The van der Waals surface area contributed by atoms with Crippen molar-refractivity contribution in [3.8, 4) is 0 Å². The summed E-state index contributed by atoms with van der Waals surface area (Å²) in [5.41, 5.74) is 1.03. The first-order valence-electron chi connectivity index (χ1n) is 5.27. The van der Waals surface area contributed by atoms with Crippen LogP contribution in [0.5, 0.6) is 0 Å². The Hall–Kier alpha value is -0.940. The van der Waals surface area contributed by atoms with Crippen LogP contribution in [0.2, 0.25) is 0 Å². The molecule has 16 heavy (non-hydrogen) atoms. The van der Waals surface area contributed by atoms with Gasteiger partial charge in [-0.1, -0.05) is 6.92 Å². The molecule has 0 aliphatic rings. The molecule has 0 aliphatic heterocycles. The first-order valence-corrected chi connectivity index (χ1v) is 6.56. The van der Waals surface area contributed by atoms with Crippen molar-refractivity contribution in [2.75, 3.05) is 0 Å². The topological polar surface area (TPSA) is 33.6 Å². The summed E-state index contributed by atoms with van der Waals surface area (Å²) in [6, 6.07) is 0. The van der Waals surface area contributed by atoms with Crippen LogP contribution in [0.3, 0.4) is 0 Å². The second-order valence-corrected chi connectivity index (χ2v) is 5.45. The smallest absolute Gasteiger partial charge is 0.178 e. The Kier molecular flexibility index (Phi) is 2.99. The molecular weight excluding hydrogens is 238 g/mol. The van der Waals surface area contributed by atoms with Gasteiger partial charge in [-0.2, -0.15) is 0 Å². The van der Waals surface area contributed by atoms with Gasteiger partial charge in [0.2, 0.25) is 0 Å². The van der Waals surface area contributed by atoms with Crippen molar-refractivity contribution in [3.63, 3.8) is 0 Å². The highest BCUT2D eigenvalue weighted by Crippen LogP contribution is 2.29. The molecule has 0 saturated heterocycles. The van der Waals surface area contributed by atoms with Crippen molar-refractivity contribution < 1.29 is 0 Å². The van der Waals surface area contributed by atoms with Gasteiger partial charge in [0.05, 0.1) is 5.54 Å². The molecule has 0 atom stereocenters. The Morgan fingerprint density at radius 1 is 1.56 bits per heavy atom. The Morgan fingerprint density at radius 2 is 2.31 bits per heavy atom. The van der Waals surface area contributed by atoms with Crippen molar-refractivity contribution in [3.05, 3.63) is 33.2 Å². The highest BCUT2D eigenvalue weighted by atomic mass is 32.1. The van der Waals surface area contributed by atoms with E-state index in [0.29, 0.717) is 0 Å². The third kappa shape index (κ3) is 1.74. The van der Waals surface area contributed by atoms with Gasteiger partial charge in [0, 0.05) is 23.5 Å². The molecule has 2 rings (SSSR count). The summed E-state index contributed by atoms with van der Waals surface area (Å²) in [4.78, 5) is 7.51. The van der Waals surface area contributed by atoms with E-state index in [1.165, 1.54) is 5.69 Å². The van der Waals surface area contributed by atoms with Gasteiger partial charge in [-0.3, -0.25) is 0 Å². The zero-order chi connectivity index (χ0) is 11.8. The van der Waals surface area contributed by atoms with Gasteiger partial charge in [-0.25, -0.2) is 4.98 Å². The predicted molar refractivity (Wildman–Crippen MR) is 69.5 cm³/mol. The highest BCUT2D eigenvalue weighted by Gasteiger charge is 2.27. The quantitative estimate of drug-likeness (QED) is 0.851. The van der Waals surface area contributed by atoms with E-state index in [9.17, 15) is 0 Å². The first kappa shape index (κ1) is 11.5. The number of H-pyrrole nitrogens is 1. The minimum Gasteiger partial charge on any atom is -0.337 e. The molecule has 0 aliphatic carbocycles. The lowest BCUT2D eigenvalue weighted by molar-refractivity contribution is 0.416. The number of thiazole rings is 1. The summed E-state index contributed by atoms with van der Waals surface area (Å²) in [5, 5.41) is 3.08. The molecule has 86 valence electrons. The second kappa shape index (κ2) is 4.14. The highest BCUT2D eigenvalue weighted by molar-refractivity contribution is 7.71. The maximum Gasteiger partial charge on any atom is 0.178 e. The fourth-order valence-electron chi connectivity index (χ4n) is 1.90. The average Bonchev–Trinajstić information content (AvgIpc) is 2.85. The Bertz CT molecular complexity index is 520. The summed E-state index contributed by atoms with van der Waals surface area (Å²) in [6.07, 6.45) is 4.78. The summed E-state index contributed by atoms with van der Waals surface area (Å²) >= 11 is 7.01. The molecule has 0 amide bonds. The van der Waals surface area contributed by atoms with Crippen LogP contribution in [-0.2, 0) is 12.0 Å². The van der Waals surface area contributed by atoms with E-state index in [1.54, 1.807) is 11.3 Å². The fraction of sp³-hybridized carbons (Fsp3) is 0.455. The number of imidazole rings is 1. The molecular formula is C11H15N3S2. The van der Waals surface area contributed by atoms with Crippen LogP contribution >= 0.6 is 23.6 Å². The summed E-state index contributed by atoms with van der Waals surface area (Å²) in [7, 11) is 0. The average molecular weight is 253 g/mol. The van der Waals surface area contributed by atoms with Crippen LogP contribution in [0.25, 0.3) is 0 Å². The van der Waals surface area contributed by atoms with Gasteiger partial charge in [0.15, 0.2) is 4.77 Å². The monoisotopic (exact) mass is 253 g/mol. The fourth-order valence-corrected chi connectivity index (χ4v) is 3.06. The number of rotatable bonds is 3. The molecule has 3 nitrogen and oxygen atoms in total. The zero-order valence-electron chi connectivity index (χ0n) is 9.65. The summed E-state index contributed by atoms with van der Waals surface area (Å²) < 4.78 is 2.92. The van der Waals surface area contributed by atoms with Crippen molar-refractivity contribution >= 4 is 23.6 Å². The number of aromatic amines is 1. The number of hydrogen-bond acceptors (Lipinski definition) is 3. The van der Waals surface area contributed by atoms with Gasteiger partial charge >= 0.3 is 0 Å². The molecule has 0 unspecified atom stereocenters. The number of hydrogen-bond donors (Lipinski definition) is 1. The third-order valence-electron chi connectivity index (χ3n) is 2.73. The molecule has 0 aromatic carbocycles. The van der Waals surface area contributed by atoms with Crippen LogP contribution in [0.4, 0.5) is 0 Å². The van der Waals surface area contributed by atoms with E-state index >= 15 is 0 Å². The van der Waals surface area contributed by atoms with Gasteiger partial charge in [0.1, 0.15) is 5.01 Å². The standard InChI is InChI=1S/C11H15N3S2/c1-4-8-7-13-10(15)14(8)11(2,3)9-12-5-6-16-9/h5-7H,4H2,1-3H3,(H,13,15). The lowest BCUT2D eigenvalue weighted by Crippen LogP contribution is -2.29. The van der Waals surface area contributed by atoms with Crippen LogP contribution in [0.1, 0.15) is 31.5 Å². The van der Waals surface area contributed by atoms with Crippen molar-refractivity contribution in [1.82, 2.24) is 14.5 Å². The Balaban J connectivity index is 2.59. The maximum atomic E-state index is 5.35. The maximum absolute atomic E-state index is 5.35. The lowest BCUT2D eigenvalue weighted by Gasteiger charge is -2.26. The summed E-state index contributed by atoms with van der Waals surface area (Å²) in [5.74, 6) is 0. The lowest BCUT2D eigenvalue weighted by atomic mass is 10.1.